The van der Waals surface area contributed by atoms with Crippen LogP contribution >= 0.6 is 0 Å². The van der Waals surface area contributed by atoms with Crippen LogP contribution in [-0.2, 0) is 0 Å². The van der Waals surface area contributed by atoms with Gasteiger partial charge < -0.3 is 0 Å². The predicted molar refractivity (Wildman–Crippen MR) is 154 cm³/mol. The third-order valence-electron chi connectivity index (χ3n) is 7.37. The molecule has 0 N–H and O–H groups in total. The van der Waals surface area contributed by atoms with E-state index in [1.54, 1.807) is 0 Å². The molecule has 0 amide bonds. The van der Waals surface area contributed by atoms with Gasteiger partial charge >= 0.3 is 0 Å². The number of hydrogen-bond donors (Lipinski definition) is 0. The quantitative estimate of drug-likeness (QED) is 0.0765. The number of allylic oxidation sites excluding steroid dienone is 2. The molecular weight excluding hydrogens is 396 g/mol. The molecule has 0 atom stereocenters. The monoisotopic (exact) mass is 463 g/mol. The van der Waals surface area contributed by atoms with Crippen molar-refractivity contribution in [2.45, 2.75) is 200 Å². The van der Waals surface area contributed by atoms with Crippen LogP contribution in [0.3, 0.4) is 0 Å². The van der Waals surface area contributed by atoms with Gasteiger partial charge in [-0.15, -0.1) is 0 Å². The number of unbranched alkanes of at least 4 members (excludes halogenated alkanes) is 27. The lowest BCUT2D eigenvalue weighted by molar-refractivity contribution is 0.519. The van der Waals surface area contributed by atoms with Crippen molar-refractivity contribution in [2.75, 3.05) is 0 Å². The summed E-state index contributed by atoms with van der Waals surface area (Å²) in [5.41, 5.74) is 0. The molecule has 0 spiro atoms. The number of rotatable bonds is 29. The van der Waals surface area contributed by atoms with Gasteiger partial charge in [-0.05, 0) is 25.7 Å². The Morgan fingerprint density at radius 1 is 0.242 bits per heavy atom. The van der Waals surface area contributed by atoms with E-state index in [1.807, 2.05) is 0 Å². The first-order chi connectivity index (χ1) is 16.4. The van der Waals surface area contributed by atoms with Gasteiger partial charge in [-0.1, -0.05) is 187 Å². The Labute approximate surface area is 212 Å². The van der Waals surface area contributed by atoms with Crippen LogP contribution in [0, 0.1) is 0 Å². The Kier molecular flexibility index (Phi) is 31.5. The van der Waals surface area contributed by atoms with E-state index in [4.69, 9.17) is 0 Å². The predicted octanol–water partition coefficient (Wildman–Crippen LogP) is 12.9. The van der Waals surface area contributed by atoms with Gasteiger partial charge in [0.05, 0.1) is 0 Å². The zero-order valence-electron chi connectivity index (χ0n) is 23.7. The maximum atomic E-state index is 2.44. The molecule has 0 aromatic rings. The molecule has 0 unspecified atom stereocenters. The number of hydrogen-bond acceptors (Lipinski definition) is 0. The third kappa shape index (κ3) is 31.7. The lowest BCUT2D eigenvalue weighted by atomic mass is 10.0. The summed E-state index contributed by atoms with van der Waals surface area (Å²) < 4.78 is 0. The summed E-state index contributed by atoms with van der Waals surface area (Å²) in [6.45, 7) is 4.60. The zero-order valence-corrected chi connectivity index (χ0v) is 23.7. The molecule has 0 aliphatic heterocycles. The molecule has 0 heteroatoms. The van der Waals surface area contributed by atoms with Crippen molar-refractivity contribution >= 4 is 0 Å². The average molecular weight is 463 g/mol. The maximum Gasteiger partial charge on any atom is -0.0351 e. The normalized spacial score (nSPS) is 11.7. The lowest BCUT2D eigenvalue weighted by Crippen LogP contribution is -1.84. The van der Waals surface area contributed by atoms with Gasteiger partial charge in [-0.2, -0.15) is 0 Å². The van der Waals surface area contributed by atoms with Crippen LogP contribution in [0.5, 0.6) is 0 Å². The van der Waals surface area contributed by atoms with Gasteiger partial charge in [-0.3, -0.25) is 0 Å². The fourth-order valence-electron chi connectivity index (χ4n) is 4.97. The van der Waals surface area contributed by atoms with Gasteiger partial charge in [0.2, 0.25) is 0 Å². The second-order valence-corrected chi connectivity index (χ2v) is 10.9. The second kappa shape index (κ2) is 31.7. The minimum Gasteiger partial charge on any atom is -0.0885 e. The third-order valence-corrected chi connectivity index (χ3v) is 7.37. The topological polar surface area (TPSA) is 0 Å². The van der Waals surface area contributed by atoms with Crippen molar-refractivity contribution in [2.24, 2.45) is 0 Å². The van der Waals surface area contributed by atoms with Crippen LogP contribution in [0.15, 0.2) is 12.2 Å². The largest absolute Gasteiger partial charge is 0.0885 e. The van der Waals surface area contributed by atoms with Crippen LogP contribution in [0.4, 0.5) is 0 Å². The minimum absolute atomic E-state index is 1.31. The molecule has 0 nitrogen and oxygen atoms in total. The van der Waals surface area contributed by atoms with Crippen molar-refractivity contribution in [1.82, 2.24) is 0 Å². The summed E-state index contributed by atoms with van der Waals surface area (Å²) in [5, 5.41) is 0. The Morgan fingerprint density at radius 2 is 0.424 bits per heavy atom. The average Bonchev–Trinajstić information content (AvgIpc) is 2.83. The summed E-state index contributed by atoms with van der Waals surface area (Å²) in [6, 6.07) is 0. The van der Waals surface area contributed by atoms with Crippen molar-refractivity contribution in [1.29, 1.82) is 0 Å². The van der Waals surface area contributed by atoms with Gasteiger partial charge in [0.1, 0.15) is 0 Å². The van der Waals surface area contributed by atoms with Crippen molar-refractivity contribution in [3.8, 4) is 0 Å². The van der Waals surface area contributed by atoms with Crippen LogP contribution in [0.1, 0.15) is 200 Å². The van der Waals surface area contributed by atoms with E-state index in [1.165, 1.54) is 186 Å². The molecule has 0 aromatic heterocycles. The van der Waals surface area contributed by atoms with Gasteiger partial charge in [-0.25, -0.2) is 0 Å². The van der Waals surface area contributed by atoms with Crippen molar-refractivity contribution in [3.63, 3.8) is 0 Å². The Hall–Kier alpha value is -0.260. The maximum absolute atomic E-state index is 2.44. The molecule has 0 rings (SSSR count). The second-order valence-electron chi connectivity index (χ2n) is 10.9. The van der Waals surface area contributed by atoms with E-state index in [9.17, 15) is 0 Å². The minimum atomic E-state index is 1.31. The molecule has 0 aliphatic carbocycles. The molecule has 0 fully saturated rings. The molecular formula is C33H66. The fraction of sp³-hybridized carbons (Fsp3) is 0.939. The van der Waals surface area contributed by atoms with Crippen LogP contribution in [0.25, 0.3) is 0 Å². The summed E-state index contributed by atoms with van der Waals surface area (Å²) in [4.78, 5) is 0. The van der Waals surface area contributed by atoms with Crippen molar-refractivity contribution in [3.05, 3.63) is 12.2 Å². The smallest absolute Gasteiger partial charge is 0.0351 e. The molecule has 0 heterocycles. The molecule has 0 radical (unpaired) electrons. The molecule has 0 saturated heterocycles. The Morgan fingerprint density at radius 3 is 0.636 bits per heavy atom. The van der Waals surface area contributed by atoms with Gasteiger partial charge in [0, 0.05) is 0 Å². The van der Waals surface area contributed by atoms with E-state index in [0.29, 0.717) is 0 Å². The molecule has 0 bridgehead atoms. The standard InChI is InChI=1S/C33H66/c1-3-5-7-9-11-13-15-17-19-21-23-25-27-29-31-33-32-30-28-26-24-22-20-18-16-14-12-10-8-6-4-2/h15,17H,3-14,16,18-33H2,1-2H3/b17-15+. The molecule has 0 aliphatic rings. The summed E-state index contributed by atoms with van der Waals surface area (Å²) in [7, 11) is 0. The fourth-order valence-corrected chi connectivity index (χ4v) is 4.97. The summed E-state index contributed by atoms with van der Waals surface area (Å²) >= 11 is 0. The highest BCUT2D eigenvalue weighted by Crippen LogP contribution is 2.15. The first-order valence-corrected chi connectivity index (χ1v) is 16.1. The first kappa shape index (κ1) is 32.7. The highest BCUT2D eigenvalue weighted by Gasteiger charge is 1.96. The molecule has 0 saturated carbocycles. The zero-order chi connectivity index (χ0) is 23.9. The van der Waals surface area contributed by atoms with E-state index in [0.717, 1.165) is 0 Å². The highest BCUT2D eigenvalue weighted by atomic mass is 14.0. The van der Waals surface area contributed by atoms with E-state index < -0.39 is 0 Å². The van der Waals surface area contributed by atoms with Crippen LogP contribution < -0.4 is 0 Å². The summed E-state index contributed by atoms with van der Waals surface area (Å²) in [6.07, 6.45) is 46.9. The lowest BCUT2D eigenvalue weighted by Gasteiger charge is -2.04. The van der Waals surface area contributed by atoms with Gasteiger partial charge in [0.15, 0.2) is 0 Å². The van der Waals surface area contributed by atoms with E-state index in [-0.39, 0.29) is 0 Å². The van der Waals surface area contributed by atoms with Gasteiger partial charge in [0.25, 0.3) is 0 Å². The molecule has 198 valence electrons. The molecule has 33 heavy (non-hydrogen) atoms. The van der Waals surface area contributed by atoms with E-state index >= 15 is 0 Å². The first-order valence-electron chi connectivity index (χ1n) is 16.1. The van der Waals surface area contributed by atoms with Crippen LogP contribution in [0.2, 0.25) is 0 Å². The molecule has 0 aromatic carbocycles. The Bertz CT molecular complexity index is 342. The summed E-state index contributed by atoms with van der Waals surface area (Å²) in [5.74, 6) is 0. The van der Waals surface area contributed by atoms with Crippen molar-refractivity contribution < 1.29 is 0 Å². The Balaban J connectivity index is 3.04. The van der Waals surface area contributed by atoms with Crippen LogP contribution in [-0.4, -0.2) is 0 Å². The SMILES string of the molecule is CCCCCCC/C=C/CCCCCCCCCCCCCCCCCCCCCCCC. The van der Waals surface area contributed by atoms with E-state index in [2.05, 4.69) is 26.0 Å². The highest BCUT2D eigenvalue weighted by molar-refractivity contribution is 4.81.